The summed E-state index contributed by atoms with van der Waals surface area (Å²) in [6.45, 7) is 6.92. The highest BCUT2D eigenvalue weighted by atomic mass is 32.2. The highest BCUT2D eigenvalue weighted by Gasteiger charge is 2.38. The van der Waals surface area contributed by atoms with Crippen molar-refractivity contribution in [3.63, 3.8) is 0 Å². The third-order valence-corrected chi connectivity index (χ3v) is 5.75. The van der Waals surface area contributed by atoms with E-state index in [0.717, 1.165) is 5.56 Å². The van der Waals surface area contributed by atoms with Gasteiger partial charge in [0, 0.05) is 19.1 Å². The van der Waals surface area contributed by atoms with Crippen LogP contribution in [0.15, 0.2) is 29.2 Å². The summed E-state index contributed by atoms with van der Waals surface area (Å²) < 4.78 is 26.8. The summed E-state index contributed by atoms with van der Waals surface area (Å²) in [6, 6.07) is 7.11. The zero-order chi connectivity index (χ0) is 14.3. The Morgan fingerprint density at radius 1 is 1.37 bits per heavy atom. The maximum absolute atomic E-state index is 12.6. The number of nitrogens with zero attached hydrogens (tertiary/aromatic N) is 1. The van der Waals surface area contributed by atoms with E-state index in [9.17, 15) is 8.42 Å². The number of sulfonamides is 1. The fourth-order valence-corrected chi connectivity index (χ4v) is 4.19. The van der Waals surface area contributed by atoms with E-state index in [1.54, 1.807) is 22.5 Å². The molecule has 5 heteroatoms. The third-order valence-electron chi connectivity index (χ3n) is 3.90. The van der Waals surface area contributed by atoms with Crippen molar-refractivity contribution in [2.24, 2.45) is 11.1 Å². The Kier molecular flexibility index (Phi) is 3.73. The zero-order valence-corrected chi connectivity index (χ0v) is 12.6. The van der Waals surface area contributed by atoms with E-state index in [-0.39, 0.29) is 11.5 Å². The first-order valence-electron chi connectivity index (χ1n) is 6.56. The minimum absolute atomic E-state index is 0.0523. The quantitative estimate of drug-likeness (QED) is 0.898. The van der Waals surface area contributed by atoms with Crippen LogP contribution in [0.2, 0.25) is 0 Å². The van der Waals surface area contributed by atoms with Crippen molar-refractivity contribution in [1.29, 1.82) is 0 Å². The van der Waals surface area contributed by atoms with E-state index in [1.807, 2.05) is 26.8 Å². The highest BCUT2D eigenvalue weighted by molar-refractivity contribution is 7.89. The van der Waals surface area contributed by atoms with Crippen molar-refractivity contribution in [2.75, 3.05) is 13.1 Å². The summed E-state index contributed by atoms with van der Waals surface area (Å²) >= 11 is 0. The van der Waals surface area contributed by atoms with Gasteiger partial charge in [0.2, 0.25) is 10.0 Å². The zero-order valence-electron chi connectivity index (χ0n) is 11.8. The Morgan fingerprint density at radius 2 is 2.05 bits per heavy atom. The first-order chi connectivity index (χ1) is 8.73. The van der Waals surface area contributed by atoms with Gasteiger partial charge in [0.1, 0.15) is 0 Å². The molecule has 1 atom stereocenters. The first-order valence-corrected chi connectivity index (χ1v) is 8.00. The van der Waals surface area contributed by atoms with Crippen molar-refractivity contribution in [2.45, 2.75) is 38.1 Å². The molecule has 19 heavy (non-hydrogen) atoms. The fourth-order valence-electron chi connectivity index (χ4n) is 2.45. The topological polar surface area (TPSA) is 63.4 Å². The van der Waals surface area contributed by atoms with E-state index in [0.29, 0.717) is 24.4 Å². The molecule has 4 nitrogen and oxygen atoms in total. The van der Waals surface area contributed by atoms with Crippen molar-refractivity contribution in [3.8, 4) is 0 Å². The Bertz CT molecular complexity index is 567. The van der Waals surface area contributed by atoms with Gasteiger partial charge in [-0.3, -0.25) is 0 Å². The van der Waals surface area contributed by atoms with Crippen LogP contribution in [0.1, 0.15) is 25.8 Å². The molecule has 0 spiro atoms. The molecule has 106 valence electrons. The van der Waals surface area contributed by atoms with Crippen molar-refractivity contribution in [1.82, 2.24) is 4.31 Å². The smallest absolute Gasteiger partial charge is 0.243 e. The molecule has 0 aromatic heterocycles. The van der Waals surface area contributed by atoms with Gasteiger partial charge in [-0.15, -0.1) is 0 Å². The number of rotatable bonds is 2. The number of aryl methyl sites for hydroxylation is 1. The van der Waals surface area contributed by atoms with Gasteiger partial charge in [0.05, 0.1) is 4.90 Å². The molecular weight excluding hydrogens is 260 g/mol. The maximum atomic E-state index is 12.6. The molecule has 1 heterocycles. The van der Waals surface area contributed by atoms with Gasteiger partial charge < -0.3 is 5.73 Å². The van der Waals surface area contributed by atoms with Crippen molar-refractivity contribution >= 4 is 10.0 Å². The molecule has 1 aromatic carbocycles. The number of benzene rings is 1. The van der Waals surface area contributed by atoms with Crippen molar-refractivity contribution in [3.05, 3.63) is 29.8 Å². The maximum Gasteiger partial charge on any atom is 0.243 e. The van der Waals surface area contributed by atoms with Gasteiger partial charge in [-0.2, -0.15) is 4.31 Å². The number of hydrogen-bond acceptors (Lipinski definition) is 3. The van der Waals surface area contributed by atoms with E-state index in [4.69, 9.17) is 5.73 Å². The lowest BCUT2D eigenvalue weighted by atomic mass is 9.81. The molecule has 1 unspecified atom stereocenters. The minimum atomic E-state index is -3.40. The summed E-state index contributed by atoms with van der Waals surface area (Å²) in [5.41, 5.74) is 6.83. The molecule has 1 fully saturated rings. The van der Waals surface area contributed by atoms with Crippen LogP contribution in [-0.2, 0) is 10.0 Å². The fraction of sp³-hybridized carbons (Fsp3) is 0.571. The second-order valence-corrected chi connectivity index (χ2v) is 7.98. The second-order valence-electron chi connectivity index (χ2n) is 6.04. The number of hydrogen-bond donors (Lipinski definition) is 1. The van der Waals surface area contributed by atoms with Gasteiger partial charge in [0.25, 0.3) is 0 Å². The standard InChI is InChI=1S/C14H22N2O2S/c1-11-5-4-6-12(9-11)19(17,18)16-8-7-13(15)14(2,3)10-16/h4-6,9,13H,7-8,10,15H2,1-3H3. The summed E-state index contributed by atoms with van der Waals surface area (Å²) in [5, 5.41) is 0. The highest BCUT2D eigenvalue weighted by Crippen LogP contribution is 2.31. The Hall–Kier alpha value is -0.910. The molecule has 1 aliphatic rings. The van der Waals surface area contributed by atoms with Gasteiger partial charge in [-0.05, 0) is 36.5 Å². The molecular formula is C14H22N2O2S. The van der Waals surface area contributed by atoms with E-state index in [1.165, 1.54) is 0 Å². The largest absolute Gasteiger partial charge is 0.327 e. The second kappa shape index (κ2) is 4.89. The van der Waals surface area contributed by atoms with E-state index in [2.05, 4.69) is 0 Å². The molecule has 1 saturated heterocycles. The predicted octanol–water partition coefficient (Wildman–Crippen LogP) is 1.74. The summed E-state index contributed by atoms with van der Waals surface area (Å²) in [6.07, 6.45) is 0.706. The molecule has 1 aromatic rings. The summed E-state index contributed by atoms with van der Waals surface area (Å²) in [4.78, 5) is 0.374. The monoisotopic (exact) mass is 282 g/mol. The molecule has 0 radical (unpaired) electrons. The Balaban J connectivity index is 2.31. The van der Waals surface area contributed by atoms with Crippen LogP contribution in [0, 0.1) is 12.3 Å². The van der Waals surface area contributed by atoms with E-state index >= 15 is 0 Å². The molecule has 0 saturated carbocycles. The number of piperidine rings is 1. The average molecular weight is 282 g/mol. The summed E-state index contributed by atoms with van der Waals surface area (Å²) in [5.74, 6) is 0. The average Bonchev–Trinajstić information content (AvgIpc) is 2.32. The lowest BCUT2D eigenvalue weighted by molar-refractivity contribution is 0.155. The van der Waals surface area contributed by atoms with Crippen LogP contribution in [-0.4, -0.2) is 31.9 Å². The van der Waals surface area contributed by atoms with Crippen LogP contribution < -0.4 is 5.73 Å². The molecule has 1 aliphatic heterocycles. The molecule has 0 aliphatic carbocycles. The Morgan fingerprint density at radius 3 is 2.63 bits per heavy atom. The van der Waals surface area contributed by atoms with Crippen molar-refractivity contribution < 1.29 is 8.42 Å². The third kappa shape index (κ3) is 2.83. The van der Waals surface area contributed by atoms with Gasteiger partial charge in [-0.25, -0.2) is 8.42 Å². The van der Waals surface area contributed by atoms with Crippen LogP contribution >= 0.6 is 0 Å². The molecule has 2 N–H and O–H groups in total. The predicted molar refractivity (Wildman–Crippen MR) is 76.3 cm³/mol. The lowest BCUT2D eigenvalue weighted by Crippen LogP contribution is -2.53. The SMILES string of the molecule is Cc1cccc(S(=O)(=O)N2CCC(N)C(C)(C)C2)c1. The molecule has 0 bridgehead atoms. The van der Waals surface area contributed by atoms with E-state index < -0.39 is 10.0 Å². The molecule has 2 rings (SSSR count). The first kappa shape index (κ1) is 14.5. The van der Waals surface area contributed by atoms with Gasteiger partial charge >= 0.3 is 0 Å². The van der Waals surface area contributed by atoms with Crippen LogP contribution in [0.25, 0.3) is 0 Å². The van der Waals surface area contributed by atoms with Crippen LogP contribution in [0.4, 0.5) is 0 Å². The van der Waals surface area contributed by atoms with Crippen LogP contribution in [0.5, 0.6) is 0 Å². The van der Waals surface area contributed by atoms with Gasteiger partial charge in [0.15, 0.2) is 0 Å². The summed E-state index contributed by atoms with van der Waals surface area (Å²) in [7, 11) is -3.40. The lowest BCUT2D eigenvalue weighted by Gasteiger charge is -2.41. The normalized spacial score (nSPS) is 24.3. The Labute approximate surface area is 115 Å². The minimum Gasteiger partial charge on any atom is -0.327 e. The van der Waals surface area contributed by atoms with Crippen LogP contribution in [0.3, 0.4) is 0 Å². The number of nitrogens with two attached hydrogens (primary N) is 1. The molecule has 0 amide bonds. The van der Waals surface area contributed by atoms with Gasteiger partial charge in [-0.1, -0.05) is 26.0 Å².